The number of nitrogens with one attached hydrogen (secondary N) is 2. The number of benzene rings is 2. The minimum Gasteiger partial charge on any atom is -0.336 e. The summed E-state index contributed by atoms with van der Waals surface area (Å²) in [5, 5.41) is 4.61. The smallest absolute Gasteiger partial charge is 0.336 e. The molecule has 0 aliphatic carbocycles. The van der Waals surface area contributed by atoms with Crippen molar-refractivity contribution < 1.29 is 35.9 Å². The number of hydrogen-bond donors (Lipinski definition) is 2. The van der Waals surface area contributed by atoms with Crippen LogP contribution in [0.5, 0.6) is 0 Å². The van der Waals surface area contributed by atoms with Crippen molar-refractivity contribution in [2.75, 3.05) is 0 Å². The van der Waals surface area contributed by atoms with Gasteiger partial charge in [0, 0.05) is 14.5 Å². The Morgan fingerprint density at radius 3 is 2.11 bits per heavy atom. The highest BCUT2D eigenvalue weighted by Gasteiger charge is 2.39. The highest BCUT2D eigenvalue weighted by atomic mass is 79.9. The van der Waals surface area contributed by atoms with Crippen molar-refractivity contribution in [1.29, 1.82) is 0 Å². The van der Waals surface area contributed by atoms with Crippen molar-refractivity contribution in [3.8, 4) is 0 Å². The number of halogens is 9. The van der Waals surface area contributed by atoms with E-state index in [-0.39, 0.29) is 16.1 Å². The SMILES string of the molecule is Cc1cc(C=CC(c2cc(Br)c(Cl)c(Br)c2)C(F)(F)F)ccc1C(=O)N[C@H](C)NC(=O)CC(F)(F)F. The Bertz CT molecular complexity index is 1150. The van der Waals surface area contributed by atoms with E-state index >= 15 is 0 Å². The van der Waals surface area contributed by atoms with Crippen molar-refractivity contribution in [3.05, 3.63) is 72.6 Å². The van der Waals surface area contributed by atoms with Gasteiger partial charge in [0.15, 0.2) is 0 Å². The summed E-state index contributed by atoms with van der Waals surface area (Å²) in [5.74, 6) is -3.91. The van der Waals surface area contributed by atoms with Crippen LogP contribution < -0.4 is 10.6 Å². The summed E-state index contributed by atoms with van der Waals surface area (Å²) >= 11 is 12.3. The molecule has 0 aliphatic heterocycles. The number of carbonyl (C=O) groups is 2. The molecule has 0 aliphatic rings. The van der Waals surface area contributed by atoms with Crippen molar-refractivity contribution >= 4 is 61.4 Å². The van der Waals surface area contributed by atoms with Crippen LogP contribution in [0.1, 0.15) is 46.3 Å². The number of carbonyl (C=O) groups excluding carboxylic acids is 2. The van der Waals surface area contributed by atoms with Crippen LogP contribution in [0.3, 0.4) is 0 Å². The second kappa shape index (κ2) is 12.0. The summed E-state index contributed by atoms with van der Waals surface area (Å²) in [6, 6.07) is 6.84. The predicted octanol–water partition coefficient (Wildman–Crippen LogP) is 7.68. The largest absolute Gasteiger partial charge is 0.399 e. The summed E-state index contributed by atoms with van der Waals surface area (Å²) in [7, 11) is 0. The molecule has 2 aromatic carbocycles. The highest BCUT2D eigenvalue weighted by Crippen LogP contribution is 2.41. The Labute approximate surface area is 224 Å². The van der Waals surface area contributed by atoms with Crippen LogP contribution in [0.4, 0.5) is 26.3 Å². The van der Waals surface area contributed by atoms with Crippen LogP contribution in [-0.2, 0) is 4.79 Å². The van der Waals surface area contributed by atoms with E-state index in [1.807, 2.05) is 5.32 Å². The van der Waals surface area contributed by atoms with Gasteiger partial charge in [0.05, 0.1) is 17.1 Å². The fraction of sp³-hybridized carbons (Fsp3) is 0.304. The fourth-order valence-electron chi connectivity index (χ4n) is 3.20. The maximum atomic E-state index is 13.8. The highest BCUT2D eigenvalue weighted by molar-refractivity contribution is 9.11. The molecule has 196 valence electrons. The van der Waals surface area contributed by atoms with E-state index in [1.54, 1.807) is 6.92 Å². The third-order valence-corrected chi connectivity index (χ3v) is 6.89. The molecule has 0 radical (unpaired) electrons. The van der Waals surface area contributed by atoms with Crippen LogP contribution in [0.15, 0.2) is 45.4 Å². The molecule has 4 nitrogen and oxygen atoms in total. The van der Waals surface area contributed by atoms with Crippen molar-refractivity contribution in [3.63, 3.8) is 0 Å². The molecule has 2 N–H and O–H groups in total. The first-order valence-electron chi connectivity index (χ1n) is 10.1. The molecule has 0 spiro atoms. The number of allylic oxidation sites excluding steroid dienone is 1. The topological polar surface area (TPSA) is 58.2 Å². The molecule has 2 aromatic rings. The Hall–Kier alpha value is -2.05. The third-order valence-electron chi connectivity index (χ3n) is 4.78. The van der Waals surface area contributed by atoms with Crippen molar-refractivity contribution in [1.82, 2.24) is 10.6 Å². The van der Waals surface area contributed by atoms with Gasteiger partial charge in [0.1, 0.15) is 6.42 Å². The van der Waals surface area contributed by atoms with E-state index in [9.17, 15) is 35.9 Å². The molecule has 1 unspecified atom stereocenters. The molecule has 13 heteroatoms. The number of hydrogen-bond acceptors (Lipinski definition) is 2. The second-order valence-electron chi connectivity index (χ2n) is 7.81. The standard InChI is InChI=1S/C23H19Br2ClF6N2O2/c1-11-7-13(3-5-15(11)21(36)34-12(2)33-19(35)10-22(27,28)29)4-6-16(23(30,31)32)14-8-17(24)20(26)18(25)9-14/h3-9,12,16H,10H2,1-2H3,(H,33,35)(H,34,36)/t12-,16?/m1/s1. The molecule has 0 saturated carbocycles. The second-order valence-corrected chi connectivity index (χ2v) is 9.89. The van der Waals surface area contributed by atoms with E-state index < -0.39 is 42.7 Å². The van der Waals surface area contributed by atoms with Crippen LogP contribution >= 0.6 is 43.5 Å². The first kappa shape index (κ1) is 30.2. The van der Waals surface area contributed by atoms with Crippen LogP contribution in [0, 0.1) is 6.92 Å². The molecule has 2 rings (SSSR count). The average Bonchev–Trinajstić information content (AvgIpc) is 2.69. The number of rotatable bonds is 7. The molecule has 0 aromatic heterocycles. The monoisotopic (exact) mass is 662 g/mol. The lowest BCUT2D eigenvalue weighted by Gasteiger charge is -2.19. The Balaban J connectivity index is 2.18. The van der Waals surface area contributed by atoms with E-state index in [1.165, 1.54) is 43.3 Å². The van der Waals surface area contributed by atoms with Crippen molar-refractivity contribution in [2.45, 2.75) is 44.7 Å². The van der Waals surface area contributed by atoms with Gasteiger partial charge in [-0.1, -0.05) is 35.9 Å². The Morgan fingerprint density at radius 2 is 1.61 bits per heavy atom. The van der Waals surface area contributed by atoms with E-state index in [0.29, 0.717) is 20.1 Å². The molecule has 2 amide bonds. The third kappa shape index (κ3) is 8.81. The van der Waals surface area contributed by atoms with Gasteiger partial charge in [0.25, 0.3) is 5.91 Å². The van der Waals surface area contributed by atoms with Gasteiger partial charge < -0.3 is 10.6 Å². The van der Waals surface area contributed by atoms with Crippen LogP contribution in [0.2, 0.25) is 5.02 Å². The number of alkyl halides is 6. The lowest BCUT2D eigenvalue weighted by molar-refractivity contribution is -0.154. The summed E-state index contributed by atoms with van der Waals surface area (Å²) in [5.41, 5.74) is 0.888. The zero-order valence-electron chi connectivity index (χ0n) is 18.6. The van der Waals surface area contributed by atoms with E-state index in [4.69, 9.17) is 11.6 Å². The zero-order valence-corrected chi connectivity index (χ0v) is 22.5. The summed E-state index contributed by atoms with van der Waals surface area (Å²) < 4.78 is 78.7. The summed E-state index contributed by atoms with van der Waals surface area (Å²) in [6.45, 7) is 2.84. The van der Waals surface area contributed by atoms with Gasteiger partial charge in [-0.25, -0.2) is 0 Å². The van der Waals surface area contributed by atoms with Gasteiger partial charge in [-0.15, -0.1) is 0 Å². The number of aryl methyl sites for hydroxylation is 1. The quantitative estimate of drug-likeness (QED) is 0.181. The molecular formula is C23H19Br2ClF6N2O2. The van der Waals surface area contributed by atoms with E-state index in [0.717, 1.165) is 6.08 Å². The maximum Gasteiger partial charge on any atom is 0.399 e. The van der Waals surface area contributed by atoms with Gasteiger partial charge in [-0.2, -0.15) is 26.3 Å². The van der Waals surface area contributed by atoms with Crippen LogP contribution in [0.25, 0.3) is 6.08 Å². The van der Waals surface area contributed by atoms with Gasteiger partial charge >= 0.3 is 12.4 Å². The molecule has 0 bridgehead atoms. The first-order chi connectivity index (χ1) is 16.5. The normalized spacial score (nSPS) is 14.0. The lowest BCUT2D eigenvalue weighted by atomic mass is 9.96. The van der Waals surface area contributed by atoms with Gasteiger partial charge in [0.2, 0.25) is 5.91 Å². The molecule has 0 saturated heterocycles. The van der Waals surface area contributed by atoms with Crippen LogP contribution in [-0.4, -0.2) is 30.3 Å². The van der Waals surface area contributed by atoms with Crippen molar-refractivity contribution in [2.24, 2.45) is 0 Å². The first-order valence-corrected chi connectivity index (χ1v) is 12.1. The zero-order chi connectivity index (χ0) is 27.4. The molecule has 2 atom stereocenters. The molecule has 36 heavy (non-hydrogen) atoms. The molecule has 0 fully saturated rings. The molecular weight excluding hydrogens is 646 g/mol. The minimum atomic E-state index is -4.68. The maximum absolute atomic E-state index is 13.8. The van der Waals surface area contributed by atoms with E-state index in [2.05, 4.69) is 37.2 Å². The molecule has 0 heterocycles. The Kier molecular flexibility index (Phi) is 10.1. The van der Waals surface area contributed by atoms with Gasteiger partial charge in [-0.05, 0) is 80.6 Å². The van der Waals surface area contributed by atoms with Gasteiger partial charge in [-0.3, -0.25) is 9.59 Å². The summed E-state index contributed by atoms with van der Waals surface area (Å²) in [4.78, 5) is 23.8. The fourth-order valence-corrected chi connectivity index (χ4v) is 4.53. The predicted molar refractivity (Wildman–Crippen MR) is 132 cm³/mol. The Morgan fingerprint density at radius 1 is 1.03 bits per heavy atom. The summed E-state index contributed by atoms with van der Waals surface area (Å²) in [6.07, 6.45) is -9.80. The average molecular weight is 665 g/mol. The lowest BCUT2D eigenvalue weighted by Crippen LogP contribution is -2.46. The number of amides is 2. The minimum absolute atomic E-state index is 0.0452.